The molecule has 4 nitrogen and oxygen atoms in total. The van der Waals surface area contributed by atoms with E-state index >= 15 is 0 Å². The van der Waals surface area contributed by atoms with E-state index in [9.17, 15) is 0 Å². The Bertz CT molecular complexity index is 310. The highest BCUT2D eigenvalue weighted by Gasteiger charge is 2.28. The maximum atomic E-state index is 5.94. The molecule has 14 heavy (non-hydrogen) atoms. The van der Waals surface area contributed by atoms with E-state index in [1.807, 2.05) is 6.92 Å². The van der Waals surface area contributed by atoms with Gasteiger partial charge in [-0.25, -0.2) is 4.98 Å². The second-order valence-electron chi connectivity index (χ2n) is 4.11. The molecule has 0 spiro atoms. The average molecular weight is 195 g/mol. The van der Waals surface area contributed by atoms with E-state index in [0.29, 0.717) is 0 Å². The monoisotopic (exact) mass is 195 g/mol. The Hall–Kier alpha value is -0.870. The highest BCUT2D eigenvalue weighted by molar-refractivity contribution is 5.00. The van der Waals surface area contributed by atoms with E-state index in [-0.39, 0.29) is 12.1 Å². The minimum absolute atomic E-state index is 0.257. The summed E-state index contributed by atoms with van der Waals surface area (Å²) < 4.78 is 5.41. The first-order chi connectivity index (χ1) is 6.66. The molecule has 0 aliphatic carbocycles. The Morgan fingerprint density at radius 1 is 1.64 bits per heavy atom. The van der Waals surface area contributed by atoms with Crippen molar-refractivity contribution >= 4 is 0 Å². The summed E-state index contributed by atoms with van der Waals surface area (Å²) in [5.41, 5.74) is 6.87. The Labute approximate surface area is 84.1 Å². The van der Waals surface area contributed by atoms with E-state index in [1.165, 1.54) is 0 Å². The molecule has 1 aliphatic rings. The van der Waals surface area contributed by atoms with Crippen LogP contribution in [0.15, 0.2) is 10.7 Å². The van der Waals surface area contributed by atoms with Gasteiger partial charge in [0.15, 0.2) is 0 Å². The zero-order chi connectivity index (χ0) is 10.1. The minimum Gasteiger partial charge on any atom is -0.447 e. The third-order valence-electron chi connectivity index (χ3n) is 2.83. The van der Waals surface area contributed by atoms with Gasteiger partial charge in [0.05, 0.1) is 11.7 Å². The lowest BCUT2D eigenvalue weighted by Crippen LogP contribution is -2.40. The molecule has 0 aromatic carbocycles. The van der Waals surface area contributed by atoms with Gasteiger partial charge in [0.1, 0.15) is 6.26 Å². The molecule has 1 aromatic heterocycles. The number of piperidine rings is 1. The van der Waals surface area contributed by atoms with Gasteiger partial charge in [-0.1, -0.05) is 0 Å². The van der Waals surface area contributed by atoms with Crippen LogP contribution in [0.5, 0.6) is 0 Å². The van der Waals surface area contributed by atoms with Crippen LogP contribution in [0, 0.1) is 6.92 Å². The summed E-state index contributed by atoms with van der Waals surface area (Å²) in [5.74, 6) is 0.806. The fraction of sp³-hybridized carbons (Fsp3) is 0.700. The van der Waals surface area contributed by atoms with Crippen LogP contribution in [0.1, 0.15) is 30.5 Å². The molecule has 0 radical (unpaired) electrons. The largest absolute Gasteiger partial charge is 0.447 e. The molecule has 0 amide bonds. The van der Waals surface area contributed by atoms with E-state index in [0.717, 1.165) is 31.0 Å². The van der Waals surface area contributed by atoms with Gasteiger partial charge in [0, 0.05) is 12.6 Å². The summed E-state index contributed by atoms with van der Waals surface area (Å²) in [4.78, 5) is 6.61. The summed E-state index contributed by atoms with van der Waals surface area (Å²) in [6.07, 6.45) is 3.70. The van der Waals surface area contributed by atoms with Crippen molar-refractivity contribution in [1.82, 2.24) is 9.88 Å². The molecule has 2 N–H and O–H groups in total. The maximum Gasteiger partial charge on any atom is 0.211 e. The zero-order valence-electron chi connectivity index (χ0n) is 8.73. The Balaban J connectivity index is 2.15. The van der Waals surface area contributed by atoms with Crippen molar-refractivity contribution in [3.8, 4) is 0 Å². The number of hydrogen-bond acceptors (Lipinski definition) is 4. The standard InChI is InChI=1S/C10H17N3O/c1-7-6-14-10(12-7)9-5-8(11)3-4-13(9)2/h6,8-9H,3-5,11H2,1-2H3. The maximum absolute atomic E-state index is 5.94. The van der Waals surface area contributed by atoms with Gasteiger partial charge in [-0.2, -0.15) is 0 Å². The molecule has 0 bridgehead atoms. The molecule has 1 aromatic rings. The molecule has 2 unspecified atom stereocenters. The number of likely N-dealkylation sites (tertiary alicyclic amines) is 1. The van der Waals surface area contributed by atoms with E-state index in [1.54, 1.807) is 6.26 Å². The fourth-order valence-electron chi connectivity index (χ4n) is 1.92. The first kappa shape index (κ1) is 9.68. The lowest BCUT2D eigenvalue weighted by Gasteiger charge is -2.33. The topological polar surface area (TPSA) is 55.3 Å². The fourth-order valence-corrected chi connectivity index (χ4v) is 1.92. The van der Waals surface area contributed by atoms with Crippen LogP contribution < -0.4 is 5.73 Å². The van der Waals surface area contributed by atoms with Crippen LogP contribution in [-0.2, 0) is 0 Å². The lowest BCUT2D eigenvalue weighted by atomic mass is 9.98. The molecule has 2 atom stereocenters. The van der Waals surface area contributed by atoms with Crippen molar-refractivity contribution in [3.63, 3.8) is 0 Å². The van der Waals surface area contributed by atoms with Crippen LogP contribution in [0.4, 0.5) is 0 Å². The second-order valence-corrected chi connectivity index (χ2v) is 4.11. The minimum atomic E-state index is 0.257. The Morgan fingerprint density at radius 3 is 3.07 bits per heavy atom. The van der Waals surface area contributed by atoms with Crippen molar-refractivity contribution in [3.05, 3.63) is 17.8 Å². The van der Waals surface area contributed by atoms with Crippen molar-refractivity contribution in [2.24, 2.45) is 5.73 Å². The summed E-state index contributed by atoms with van der Waals surface area (Å²) in [6.45, 7) is 2.96. The molecule has 78 valence electrons. The van der Waals surface area contributed by atoms with Gasteiger partial charge in [-0.15, -0.1) is 0 Å². The van der Waals surface area contributed by atoms with Crippen LogP contribution in [0.2, 0.25) is 0 Å². The normalized spacial score (nSPS) is 29.4. The number of nitrogens with two attached hydrogens (primary N) is 1. The van der Waals surface area contributed by atoms with Gasteiger partial charge in [0.25, 0.3) is 0 Å². The van der Waals surface area contributed by atoms with Gasteiger partial charge >= 0.3 is 0 Å². The highest BCUT2D eigenvalue weighted by atomic mass is 16.3. The number of aryl methyl sites for hydroxylation is 1. The third-order valence-corrected chi connectivity index (χ3v) is 2.83. The molecule has 0 saturated carbocycles. The summed E-state index contributed by atoms with van der Waals surface area (Å²) in [7, 11) is 2.09. The lowest BCUT2D eigenvalue weighted by molar-refractivity contribution is 0.145. The van der Waals surface area contributed by atoms with Crippen LogP contribution >= 0.6 is 0 Å². The second kappa shape index (κ2) is 3.71. The van der Waals surface area contributed by atoms with Crippen LogP contribution in [0.25, 0.3) is 0 Å². The highest BCUT2D eigenvalue weighted by Crippen LogP contribution is 2.28. The SMILES string of the molecule is Cc1coc(C2CC(N)CCN2C)n1. The van der Waals surface area contributed by atoms with Gasteiger partial charge in [-0.05, 0) is 26.8 Å². The van der Waals surface area contributed by atoms with Gasteiger partial charge in [0.2, 0.25) is 5.89 Å². The summed E-state index contributed by atoms with van der Waals surface area (Å²) in [5, 5.41) is 0. The molecule has 2 rings (SSSR count). The van der Waals surface area contributed by atoms with Gasteiger partial charge in [-0.3, -0.25) is 4.90 Å². The molecular formula is C10H17N3O. The molecule has 2 heterocycles. The molecule has 1 aliphatic heterocycles. The molecule has 1 fully saturated rings. The predicted molar refractivity (Wildman–Crippen MR) is 53.8 cm³/mol. The number of nitrogens with zero attached hydrogens (tertiary/aromatic N) is 2. The first-order valence-electron chi connectivity index (χ1n) is 5.04. The van der Waals surface area contributed by atoms with Crippen molar-refractivity contribution in [1.29, 1.82) is 0 Å². The van der Waals surface area contributed by atoms with E-state index < -0.39 is 0 Å². The number of hydrogen-bond donors (Lipinski definition) is 1. The smallest absolute Gasteiger partial charge is 0.211 e. The van der Waals surface area contributed by atoms with Crippen LogP contribution in [-0.4, -0.2) is 29.5 Å². The summed E-state index contributed by atoms with van der Waals surface area (Å²) >= 11 is 0. The quantitative estimate of drug-likeness (QED) is 0.728. The predicted octanol–water partition coefficient (Wildman–Crippen LogP) is 1.08. The Morgan fingerprint density at radius 2 is 2.43 bits per heavy atom. The summed E-state index contributed by atoms with van der Waals surface area (Å²) in [6, 6.07) is 0.538. The Kier molecular flexibility index (Phi) is 2.56. The number of rotatable bonds is 1. The van der Waals surface area contributed by atoms with Crippen molar-refractivity contribution in [2.45, 2.75) is 31.8 Å². The third kappa shape index (κ3) is 1.81. The molecule has 4 heteroatoms. The zero-order valence-corrected chi connectivity index (χ0v) is 8.73. The van der Waals surface area contributed by atoms with Gasteiger partial charge < -0.3 is 10.2 Å². The van der Waals surface area contributed by atoms with Crippen molar-refractivity contribution < 1.29 is 4.42 Å². The number of aromatic nitrogens is 1. The van der Waals surface area contributed by atoms with E-state index in [2.05, 4.69) is 16.9 Å². The van der Waals surface area contributed by atoms with E-state index in [4.69, 9.17) is 10.2 Å². The first-order valence-corrected chi connectivity index (χ1v) is 5.04. The molecule has 1 saturated heterocycles. The number of oxazole rings is 1. The average Bonchev–Trinajstić information content (AvgIpc) is 2.56. The molecular weight excluding hydrogens is 178 g/mol. The van der Waals surface area contributed by atoms with Crippen molar-refractivity contribution in [2.75, 3.05) is 13.6 Å². The van der Waals surface area contributed by atoms with Crippen LogP contribution in [0.3, 0.4) is 0 Å².